The Labute approximate surface area is 117 Å². The van der Waals surface area contributed by atoms with E-state index in [1.165, 1.54) is 0 Å². The maximum Gasteiger partial charge on any atom is 0.437 e. The lowest BCUT2D eigenvalue weighted by Gasteiger charge is -2.16. The van der Waals surface area contributed by atoms with Crippen molar-refractivity contribution in [2.45, 2.75) is 39.4 Å². The molecule has 0 fully saturated rings. The van der Waals surface area contributed by atoms with Crippen LogP contribution >= 0.6 is 29.8 Å². The van der Waals surface area contributed by atoms with Crippen molar-refractivity contribution in [3.63, 3.8) is 0 Å². The third-order valence-electron chi connectivity index (χ3n) is 2.52. The van der Waals surface area contributed by atoms with Gasteiger partial charge in [-0.25, -0.2) is 4.57 Å². The van der Waals surface area contributed by atoms with Crippen LogP contribution in [-0.2, 0) is 4.57 Å². The van der Waals surface area contributed by atoms with Crippen LogP contribution in [0, 0.1) is 13.8 Å². The second-order valence-electron chi connectivity index (χ2n) is 4.26. The van der Waals surface area contributed by atoms with Crippen molar-refractivity contribution < 1.29 is 14.0 Å². The lowest BCUT2D eigenvalue weighted by Crippen LogP contribution is -1.97. The summed E-state index contributed by atoms with van der Waals surface area (Å²) in [4.78, 5) is 9.78. The van der Waals surface area contributed by atoms with Gasteiger partial charge in [0.05, 0.1) is 0 Å². The summed E-state index contributed by atoms with van der Waals surface area (Å²) in [6.07, 6.45) is 0.817. The number of hydrogen-bond acceptors (Lipinski definition) is 3. The molecule has 2 atom stereocenters. The molecule has 2 unspecified atom stereocenters. The van der Waals surface area contributed by atoms with Crippen LogP contribution in [0.4, 0.5) is 0 Å². The zero-order valence-electron chi connectivity index (χ0n) is 10.9. The lowest BCUT2D eigenvalue weighted by molar-refractivity contribution is 0.402. The molecule has 1 rings (SSSR count). The maximum absolute atomic E-state index is 11.9. The molecule has 0 saturated heterocycles. The molecular formula is C12H18ClO3PS. The van der Waals surface area contributed by atoms with E-state index in [-0.39, 0.29) is 5.25 Å². The smallest absolute Gasteiger partial charge is 0.417 e. The minimum atomic E-state index is -3.67. The Bertz CT molecular complexity index is 455. The normalized spacial score (nSPS) is 16.1. The van der Waals surface area contributed by atoms with E-state index >= 15 is 0 Å². The molecule has 6 heteroatoms. The Hall–Kier alpha value is -0.150. The molecule has 0 amide bonds. The quantitative estimate of drug-likeness (QED) is 0.780. The molecule has 0 spiro atoms. The van der Waals surface area contributed by atoms with Gasteiger partial charge in [-0.1, -0.05) is 25.4 Å². The molecule has 0 bridgehead atoms. The molecule has 3 nitrogen and oxygen atoms in total. The van der Waals surface area contributed by atoms with Crippen molar-refractivity contribution in [3.05, 3.63) is 28.3 Å². The molecular weight excluding hydrogens is 291 g/mol. The van der Waals surface area contributed by atoms with Gasteiger partial charge in [0.2, 0.25) is 0 Å². The molecule has 1 N–H and O–H groups in total. The van der Waals surface area contributed by atoms with E-state index in [0.29, 0.717) is 10.8 Å². The summed E-state index contributed by atoms with van der Waals surface area (Å²) in [5.74, 6) is 0.385. The third-order valence-corrected chi connectivity index (χ3v) is 6.62. The van der Waals surface area contributed by atoms with E-state index in [4.69, 9.17) is 16.1 Å². The molecule has 0 aliphatic heterocycles. The summed E-state index contributed by atoms with van der Waals surface area (Å²) in [6.45, 7) is 3.88. The monoisotopic (exact) mass is 308 g/mol. The van der Waals surface area contributed by atoms with Crippen molar-refractivity contribution in [2.24, 2.45) is 0 Å². The Morgan fingerprint density at radius 3 is 2.39 bits per heavy atom. The number of rotatable bonds is 5. The van der Waals surface area contributed by atoms with Gasteiger partial charge in [0, 0.05) is 10.3 Å². The van der Waals surface area contributed by atoms with Crippen LogP contribution in [0.25, 0.3) is 0 Å². The van der Waals surface area contributed by atoms with Crippen molar-refractivity contribution in [1.29, 1.82) is 0 Å². The second-order valence-corrected chi connectivity index (χ2v) is 8.79. The van der Waals surface area contributed by atoms with E-state index in [2.05, 4.69) is 0 Å². The van der Waals surface area contributed by atoms with Crippen molar-refractivity contribution in [1.82, 2.24) is 0 Å². The summed E-state index contributed by atoms with van der Waals surface area (Å²) in [5, 5.41) is 0.736. The van der Waals surface area contributed by atoms with E-state index in [9.17, 15) is 9.46 Å². The zero-order valence-corrected chi connectivity index (χ0v) is 13.4. The molecule has 0 aliphatic carbocycles. The van der Waals surface area contributed by atoms with Crippen LogP contribution in [0.1, 0.15) is 31.4 Å². The van der Waals surface area contributed by atoms with Crippen LogP contribution in [0.15, 0.2) is 12.1 Å². The van der Waals surface area contributed by atoms with Gasteiger partial charge in [0.1, 0.15) is 5.75 Å². The summed E-state index contributed by atoms with van der Waals surface area (Å²) < 4.78 is 17.1. The first-order valence-electron chi connectivity index (χ1n) is 5.72. The van der Waals surface area contributed by atoms with Gasteiger partial charge in [0.25, 0.3) is 0 Å². The first-order valence-corrected chi connectivity index (χ1v) is 9.16. The van der Waals surface area contributed by atoms with E-state index in [0.717, 1.165) is 28.9 Å². The Morgan fingerprint density at radius 1 is 1.44 bits per heavy atom. The average molecular weight is 309 g/mol. The van der Waals surface area contributed by atoms with Crippen LogP contribution in [0.5, 0.6) is 5.75 Å². The minimum Gasteiger partial charge on any atom is -0.417 e. The summed E-state index contributed by atoms with van der Waals surface area (Å²) >= 11 is 7.00. The predicted molar refractivity (Wildman–Crippen MR) is 78.7 cm³/mol. The topological polar surface area (TPSA) is 46.5 Å². The second kappa shape index (κ2) is 6.33. The highest BCUT2D eigenvalue weighted by atomic mass is 35.5. The molecule has 18 heavy (non-hydrogen) atoms. The summed E-state index contributed by atoms with van der Waals surface area (Å²) in [6, 6.07) is 3.35. The predicted octanol–water partition coefficient (Wildman–Crippen LogP) is 4.97. The Balaban J connectivity index is 2.87. The van der Waals surface area contributed by atoms with Gasteiger partial charge in [-0.05, 0) is 54.9 Å². The molecule has 0 heterocycles. The lowest BCUT2D eigenvalue weighted by atomic mass is 10.1. The fraction of sp³-hybridized carbons (Fsp3) is 0.500. The number of halogens is 1. The Morgan fingerprint density at radius 2 is 1.94 bits per heavy atom. The molecule has 1 aromatic rings. The van der Waals surface area contributed by atoms with E-state index in [1.807, 2.05) is 27.7 Å². The third kappa shape index (κ3) is 4.51. The van der Waals surface area contributed by atoms with Gasteiger partial charge in [-0.2, -0.15) is 0 Å². The van der Waals surface area contributed by atoms with Crippen LogP contribution < -0.4 is 4.52 Å². The number of hydrogen-bond donors (Lipinski definition) is 1. The molecule has 0 radical (unpaired) electrons. The minimum absolute atomic E-state index is 0.0790. The van der Waals surface area contributed by atoms with E-state index < -0.39 is 6.80 Å². The fourth-order valence-electron chi connectivity index (χ4n) is 1.42. The van der Waals surface area contributed by atoms with Gasteiger partial charge in [0.15, 0.2) is 0 Å². The first-order chi connectivity index (χ1) is 8.25. The van der Waals surface area contributed by atoms with Crippen LogP contribution in [0.2, 0.25) is 5.02 Å². The average Bonchev–Trinajstić information content (AvgIpc) is 2.24. The number of benzene rings is 1. The van der Waals surface area contributed by atoms with Crippen molar-refractivity contribution in [2.75, 3.05) is 0 Å². The standard InChI is InChI=1S/C12H18ClO3PS/c1-5-10(4)18-17(14,15)16-11-6-8(2)12(13)9(3)7-11/h6-7,10H,5H2,1-4H3,(H,14,15). The van der Waals surface area contributed by atoms with Gasteiger partial charge in [-0.3, -0.25) is 0 Å². The molecule has 0 aromatic heterocycles. The van der Waals surface area contributed by atoms with Crippen molar-refractivity contribution >= 4 is 29.8 Å². The maximum atomic E-state index is 11.9. The van der Waals surface area contributed by atoms with Gasteiger partial charge < -0.3 is 9.42 Å². The first kappa shape index (κ1) is 15.9. The molecule has 102 valence electrons. The highest BCUT2D eigenvalue weighted by molar-refractivity contribution is 8.55. The molecule has 0 aliphatic rings. The van der Waals surface area contributed by atoms with Gasteiger partial charge >= 0.3 is 6.80 Å². The fourth-order valence-corrected chi connectivity index (χ4v) is 4.74. The highest BCUT2D eigenvalue weighted by Gasteiger charge is 2.25. The number of aryl methyl sites for hydroxylation is 2. The van der Waals surface area contributed by atoms with Crippen LogP contribution in [-0.4, -0.2) is 10.1 Å². The molecule has 1 aromatic carbocycles. The van der Waals surface area contributed by atoms with E-state index in [1.54, 1.807) is 12.1 Å². The SMILES string of the molecule is CCC(C)SP(=O)(O)Oc1cc(C)c(Cl)c(C)c1. The highest BCUT2D eigenvalue weighted by Crippen LogP contribution is 2.57. The summed E-state index contributed by atoms with van der Waals surface area (Å²) in [7, 11) is 0. The Kier molecular flexibility index (Phi) is 5.60. The molecule has 0 saturated carbocycles. The largest absolute Gasteiger partial charge is 0.437 e. The zero-order chi connectivity index (χ0) is 13.9. The van der Waals surface area contributed by atoms with Crippen molar-refractivity contribution in [3.8, 4) is 5.75 Å². The summed E-state index contributed by atoms with van der Waals surface area (Å²) in [5.41, 5.74) is 1.67. The van der Waals surface area contributed by atoms with Crippen LogP contribution in [0.3, 0.4) is 0 Å². The van der Waals surface area contributed by atoms with Gasteiger partial charge in [-0.15, -0.1) is 0 Å².